The van der Waals surface area contributed by atoms with Crippen molar-refractivity contribution in [2.75, 3.05) is 58.2 Å². The highest BCUT2D eigenvalue weighted by molar-refractivity contribution is 7.89. The summed E-state index contributed by atoms with van der Waals surface area (Å²) in [5, 5.41) is 0. The minimum absolute atomic E-state index is 0.293. The van der Waals surface area contributed by atoms with E-state index in [-0.39, 0.29) is 0 Å². The zero-order chi connectivity index (χ0) is 19.4. The Morgan fingerprint density at radius 1 is 0.963 bits per heavy atom. The van der Waals surface area contributed by atoms with Crippen LogP contribution in [0.3, 0.4) is 0 Å². The lowest BCUT2D eigenvalue weighted by atomic mass is 9.89. The molecule has 1 heterocycles. The van der Waals surface area contributed by atoms with Crippen molar-refractivity contribution in [1.82, 2.24) is 9.21 Å². The number of nitrogens with two attached hydrogens (primary N) is 1. The maximum absolute atomic E-state index is 13.0. The van der Waals surface area contributed by atoms with Gasteiger partial charge >= 0.3 is 0 Å². The maximum Gasteiger partial charge on any atom is 0.214 e. The summed E-state index contributed by atoms with van der Waals surface area (Å²) in [5.41, 5.74) is 5.53. The van der Waals surface area contributed by atoms with Crippen LogP contribution in [0.15, 0.2) is 0 Å². The highest BCUT2D eigenvalue weighted by Gasteiger charge is 2.26. The van der Waals surface area contributed by atoms with Crippen LogP contribution in [0.2, 0.25) is 0 Å². The summed E-state index contributed by atoms with van der Waals surface area (Å²) in [6, 6.07) is 0. The smallest absolute Gasteiger partial charge is 0.214 e. The van der Waals surface area contributed by atoms with E-state index in [9.17, 15) is 8.42 Å². The maximum atomic E-state index is 13.0. The molecule has 1 saturated carbocycles. The molecule has 7 heteroatoms. The second-order valence-corrected chi connectivity index (χ2v) is 10.3. The van der Waals surface area contributed by atoms with Gasteiger partial charge in [-0.3, -0.25) is 4.90 Å². The number of rotatable bonds is 13. The van der Waals surface area contributed by atoms with Gasteiger partial charge in [-0.15, -0.1) is 0 Å². The molecule has 1 aliphatic heterocycles. The summed E-state index contributed by atoms with van der Waals surface area (Å²) >= 11 is 0. The lowest BCUT2D eigenvalue weighted by Crippen LogP contribution is -2.41. The van der Waals surface area contributed by atoms with E-state index in [0.717, 1.165) is 71.5 Å². The summed E-state index contributed by atoms with van der Waals surface area (Å²) < 4.78 is 33.2. The van der Waals surface area contributed by atoms with Crippen LogP contribution in [0, 0.1) is 5.92 Å². The van der Waals surface area contributed by atoms with Crippen molar-refractivity contribution in [2.24, 2.45) is 11.7 Å². The molecule has 0 atom stereocenters. The van der Waals surface area contributed by atoms with Crippen LogP contribution in [-0.4, -0.2) is 75.9 Å². The van der Waals surface area contributed by atoms with Crippen molar-refractivity contribution in [3.8, 4) is 0 Å². The molecule has 0 aromatic carbocycles. The first kappa shape index (κ1) is 23.1. The van der Waals surface area contributed by atoms with Gasteiger partial charge in [0.1, 0.15) is 0 Å². The van der Waals surface area contributed by atoms with Crippen molar-refractivity contribution in [3.05, 3.63) is 0 Å². The Kier molecular flexibility index (Phi) is 11.2. The molecule has 2 aliphatic rings. The number of ether oxygens (including phenoxy) is 1. The topological polar surface area (TPSA) is 75.9 Å². The van der Waals surface area contributed by atoms with E-state index in [0.29, 0.717) is 24.8 Å². The number of sulfonamides is 1. The highest BCUT2D eigenvalue weighted by atomic mass is 32.2. The Morgan fingerprint density at radius 2 is 1.67 bits per heavy atom. The molecule has 2 rings (SSSR count). The molecule has 0 aromatic heterocycles. The molecule has 0 spiro atoms. The summed E-state index contributed by atoms with van der Waals surface area (Å²) in [6.07, 6.45) is 10.8. The first-order valence-electron chi connectivity index (χ1n) is 11.1. The van der Waals surface area contributed by atoms with E-state index in [1.807, 2.05) is 4.31 Å². The summed E-state index contributed by atoms with van der Waals surface area (Å²) in [5.74, 6) is 0.844. The monoisotopic (exact) mass is 403 g/mol. The Morgan fingerprint density at radius 3 is 2.37 bits per heavy atom. The van der Waals surface area contributed by atoms with Gasteiger partial charge in [-0.2, -0.15) is 0 Å². The lowest BCUT2D eigenvalue weighted by molar-refractivity contribution is 0.0367. The molecule has 0 aromatic rings. The molecule has 0 bridgehead atoms. The minimum Gasteiger partial charge on any atom is -0.379 e. The van der Waals surface area contributed by atoms with Crippen molar-refractivity contribution in [2.45, 2.75) is 64.2 Å². The van der Waals surface area contributed by atoms with Crippen LogP contribution < -0.4 is 5.73 Å². The fourth-order valence-electron chi connectivity index (χ4n) is 4.21. The number of unbranched alkanes of at least 4 members (excludes halogenated alkanes) is 3. The molecular weight excluding hydrogens is 362 g/mol. The second kappa shape index (κ2) is 13.1. The van der Waals surface area contributed by atoms with Gasteiger partial charge in [0, 0.05) is 26.2 Å². The molecule has 0 radical (unpaired) electrons. The van der Waals surface area contributed by atoms with E-state index in [2.05, 4.69) is 4.90 Å². The number of hydrogen-bond acceptors (Lipinski definition) is 5. The largest absolute Gasteiger partial charge is 0.379 e. The Labute approximate surface area is 166 Å². The standard InChI is InChI=1S/C20H41N3O3S/c21-11-6-1-2-7-18-27(24,25)23(19-20-9-4-3-5-10-20)13-8-12-22-14-16-26-17-15-22/h20H,1-19,21H2. The summed E-state index contributed by atoms with van der Waals surface area (Å²) in [4.78, 5) is 2.39. The van der Waals surface area contributed by atoms with Gasteiger partial charge in [-0.05, 0) is 51.1 Å². The quantitative estimate of drug-likeness (QED) is 0.478. The first-order chi connectivity index (χ1) is 13.1. The molecule has 2 fully saturated rings. The van der Waals surface area contributed by atoms with E-state index < -0.39 is 10.0 Å². The van der Waals surface area contributed by atoms with Crippen molar-refractivity contribution >= 4 is 10.0 Å². The van der Waals surface area contributed by atoms with Crippen molar-refractivity contribution in [3.63, 3.8) is 0 Å². The third-order valence-corrected chi connectivity index (χ3v) is 7.84. The molecule has 6 nitrogen and oxygen atoms in total. The summed E-state index contributed by atoms with van der Waals surface area (Å²) in [7, 11) is -3.15. The molecular formula is C20H41N3O3S. The molecule has 0 unspecified atom stereocenters. The second-order valence-electron chi connectivity index (χ2n) is 8.19. The highest BCUT2D eigenvalue weighted by Crippen LogP contribution is 2.25. The van der Waals surface area contributed by atoms with E-state index >= 15 is 0 Å². The van der Waals surface area contributed by atoms with Gasteiger partial charge in [0.05, 0.1) is 19.0 Å². The molecule has 0 amide bonds. The number of morpholine rings is 1. The average Bonchev–Trinajstić information content (AvgIpc) is 2.68. The zero-order valence-electron chi connectivity index (χ0n) is 17.1. The zero-order valence-corrected chi connectivity index (χ0v) is 17.9. The van der Waals surface area contributed by atoms with Crippen LogP contribution in [0.4, 0.5) is 0 Å². The molecule has 160 valence electrons. The molecule has 2 N–H and O–H groups in total. The van der Waals surface area contributed by atoms with Crippen molar-refractivity contribution in [1.29, 1.82) is 0 Å². The average molecular weight is 404 g/mol. The fraction of sp³-hybridized carbons (Fsp3) is 1.00. The predicted molar refractivity (Wildman–Crippen MR) is 111 cm³/mol. The van der Waals surface area contributed by atoms with Crippen LogP contribution in [-0.2, 0) is 14.8 Å². The third kappa shape index (κ3) is 9.22. The van der Waals surface area contributed by atoms with Crippen LogP contribution in [0.25, 0.3) is 0 Å². The molecule has 27 heavy (non-hydrogen) atoms. The normalized spacial score (nSPS) is 20.4. The van der Waals surface area contributed by atoms with Gasteiger partial charge in [0.15, 0.2) is 0 Å². The van der Waals surface area contributed by atoms with Crippen LogP contribution in [0.1, 0.15) is 64.2 Å². The Balaban J connectivity index is 1.82. The predicted octanol–water partition coefficient (Wildman–Crippen LogP) is 2.44. The van der Waals surface area contributed by atoms with Crippen LogP contribution >= 0.6 is 0 Å². The SMILES string of the molecule is NCCCCCCS(=O)(=O)N(CCCN1CCOCC1)CC1CCCCC1. The van der Waals surface area contributed by atoms with Crippen LogP contribution in [0.5, 0.6) is 0 Å². The Bertz CT molecular complexity index is 475. The van der Waals surface area contributed by atoms with Gasteiger partial charge < -0.3 is 10.5 Å². The summed E-state index contributed by atoms with van der Waals surface area (Å²) in [6.45, 7) is 6.60. The Hall–Kier alpha value is -0.210. The minimum atomic E-state index is -3.15. The molecule has 1 aliphatic carbocycles. The van der Waals surface area contributed by atoms with E-state index in [1.165, 1.54) is 32.1 Å². The number of nitrogens with zero attached hydrogens (tertiary/aromatic N) is 2. The number of hydrogen-bond donors (Lipinski definition) is 1. The van der Waals surface area contributed by atoms with Gasteiger partial charge in [0.2, 0.25) is 10.0 Å². The molecule has 1 saturated heterocycles. The van der Waals surface area contributed by atoms with Gasteiger partial charge in [-0.1, -0.05) is 32.1 Å². The van der Waals surface area contributed by atoms with Gasteiger partial charge in [0.25, 0.3) is 0 Å². The fourth-order valence-corrected chi connectivity index (χ4v) is 5.88. The van der Waals surface area contributed by atoms with E-state index in [4.69, 9.17) is 10.5 Å². The van der Waals surface area contributed by atoms with E-state index in [1.54, 1.807) is 0 Å². The lowest BCUT2D eigenvalue weighted by Gasteiger charge is -2.31. The third-order valence-electron chi connectivity index (χ3n) is 5.92. The van der Waals surface area contributed by atoms with Crippen molar-refractivity contribution < 1.29 is 13.2 Å². The first-order valence-corrected chi connectivity index (χ1v) is 12.7. The van der Waals surface area contributed by atoms with Gasteiger partial charge in [-0.25, -0.2) is 12.7 Å².